The number of carbonyl (C=O) groups excluding carboxylic acids is 1. The predicted molar refractivity (Wildman–Crippen MR) is 53.4 cm³/mol. The van der Waals surface area contributed by atoms with Gasteiger partial charge in [0.15, 0.2) is 0 Å². The van der Waals surface area contributed by atoms with Crippen molar-refractivity contribution >= 4 is 21.9 Å². The van der Waals surface area contributed by atoms with E-state index >= 15 is 0 Å². The summed E-state index contributed by atoms with van der Waals surface area (Å²) in [6.45, 7) is 0. The number of hydrogen-bond acceptors (Lipinski definition) is 2. The second-order valence-corrected chi connectivity index (χ2v) is 3.10. The maximum atomic E-state index is 11.2. The monoisotopic (exact) mass is 238 g/mol. The van der Waals surface area contributed by atoms with E-state index in [-0.39, 0.29) is 0 Å². The first-order valence-corrected chi connectivity index (χ1v) is 4.33. The van der Waals surface area contributed by atoms with Gasteiger partial charge >= 0.3 is 5.97 Å². The highest BCUT2D eigenvalue weighted by Crippen LogP contribution is 2.21. The molecule has 1 aromatic carbocycles. The molecule has 0 aliphatic rings. The lowest BCUT2D eigenvalue weighted by molar-refractivity contribution is 0.0599. The fourth-order valence-electron chi connectivity index (χ4n) is 0.911. The first-order chi connectivity index (χ1) is 6.20. The van der Waals surface area contributed by atoms with Crippen LogP contribution in [0.15, 0.2) is 22.7 Å². The van der Waals surface area contributed by atoms with Crippen molar-refractivity contribution in [2.45, 2.75) is 0 Å². The van der Waals surface area contributed by atoms with Crippen molar-refractivity contribution in [3.8, 4) is 12.3 Å². The van der Waals surface area contributed by atoms with Crippen LogP contribution in [0.3, 0.4) is 0 Å². The molecule has 0 amide bonds. The number of esters is 1. The number of rotatable bonds is 1. The Balaban J connectivity index is 3.25. The van der Waals surface area contributed by atoms with Crippen molar-refractivity contribution in [1.29, 1.82) is 0 Å². The molecule has 0 aliphatic heterocycles. The molecular formula is C10H7BrO2. The number of halogens is 1. The van der Waals surface area contributed by atoms with Crippen molar-refractivity contribution in [3.05, 3.63) is 33.8 Å². The lowest BCUT2D eigenvalue weighted by atomic mass is 10.1. The van der Waals surface area contributed by atoms with Gasteiger partial charge in [0.05, 0.1) is 12.7 Å². The molecule has 0 heterocycles. The largest absolute Gasteiger partial charge is 0.465 e. The summed E-state index contributed by atoms with van der Waals surface area (Å²) in [7, 11) is 1.33. The van der Waals surface area contributed by atoms with E-state index in [0.717, 1.165) is 0 Å². The topological polar surface area (TPSA) is 26.3 Å². The van der Waals surface area contributed by atoms with Crippen LogP contribution in [0.5, 0.6) is 0 Å². The first-order valence-electron chi connectivity index (χ1n) is 3.54. The molecule has 0 saturated heterocycles. The molecule has 0 bridgehead atoms. The number of hydrogen-bond donors (Lipinski definition) is 0. The second-order valence-electron chi connectivity index (χ2n) is 2.30. The maximum absolute atomic E-state index is 11.2. The summed E-state index contributed by atoms with van der Waals surface area (Å²) in [5, 5.41) is 0. The third-order valence-electron chi connectivity index (χ3n) is 1.56. The van der Waals surface area contributed by atoms with Crippen molar-refractivity contribution < 1.29 is 9.53 Å². The van der Waals surface area contributed by atoms with Crippen LogP contribution >= 0.6 is 15.9 Å². The van der Waals surface area contributed by atoms with Crippen LogP contribution in [0.25, 0.3) is 0 Å². The van der Waals surface area contributed by atoms with Crippen LogP contribution in [-0.4, -0.2) is 13.1 Å². The molecule has 0 radical (unpaired) electrons. The van der Waals surface area contributed by atoms with Gasteiger partial charge in [-0.3, -0.25) is 0 Å². The minimum absolute atomic E-state index is 0.399. The quantitative estimate of drug-likeness (QED) is 0.554. The molecule has 13 heavy (non-hydrogen) atoms. The van der Waals surface area contributed by atoms with Crippen LogP contribution < -0.4 is 0 Å². The van der Waals surface area contributed by atoms with Gasteiger partial charge in [-0.25, -0.2) is 4.79 Å². The number of ether oxygens (including phenoxy) is 1. The Morgan fingerprint density at radius 3 is 2.85 bits per heavy atom. The van der Waals surface area contributed by atoms with Crippen LogP contribution in [0, 0.1) is 12.3 Å². The normalized spacial score (nSPS) is 9.00. The van der Waals surface area contributed by atoms with Gasteiger partial charge in [-0.15, -0.1) is 6.42 Å². The zero-order valence-electron chi connectivity index (χ0n) is 7.00. The SMILES string of the molecule is C#Cc1cccc(C(=O)OC)c1Br. The summed E-state index contributed by atoms with van der Waals surface area (Å²) >= 11 is 3.24. The van der Waals surface area contributed by atoms with Gasteiger partial charge in [0, 0.05) is 10.0 Å². The maximum Gasteiger partial charge on any atom is 0.339 e. The Morgan fingerprint density at radius 2 is 2.31 bits per heavy atom. The van der Waals surface area contributed by atoms with E-state index in [9.17, 15) is 4.79 Å². The molecule has 2 nitrogen and oxygen atoms in total. The lowest BCUT2D eigenvalue weighted by Gasteiger charge is -2.03. The van der Waals surface area contributed by atoms with Crippen LogP contribution in [0.1, 0.15) is 15.9 Å². The van der Waals surface area contributed by atoms with Gasteiger partial charge in [0.2, 0.25) is 0 Å². The Hall–Kier alpha value is -1.27. The van der Waals surface area contributed by atoms with Gasteiger partial charge < -0.3 is 4.74 Å². The van der Waals surface area contributed by atoms with E-state index < -0.39 is 5.97 Å². The molecule has 3 heteroatoms. The first kappa shape index (κ1) is 9.82. The summed E-state index contributed by atoms with van der Waals surface area (Å²) < 4.78 is 5.18. The molecule has 0 spiro atoms. The molecule has 0 N–H and O–H groups in total. The van der Waals surface area contributed by atoms with Crippen LogP contribution in [0.2, 0.25) is 0 Å². The zero-order chi connectivity index (χ0) is 9.84. The minimum atomic E-state index is -0.399. The Labute approximate surface area is 85.0 Å². The Morgan fingerprint density at radius 1 is 1.62 bits per heavy atom. The van der Waals surface area contributed by atoms with Crippen LogP contribution in [-0.2, 0) is 4.74 Å². The fraction of sp³-hybridized carbons (Fsp3) is 0.100. The molecule has 0 atom stereocenters. The fourth-order valence-corrected chi connectivity index (χ4v) is 1.45. The number of benzene rings is 1. The second kappa shape index (κ2) is 4.11. The molecule has 0 fully saturated rings. The summed E-state index contributed by atoms with van der Waals surface area (Å²) in [6, 6.07) is 5.11. The smallest absolute Gasteiger partial charge is 0.339 e. The van der Waals surface area contributed by atoms with E-state index in [4.69, 9.17) is 6.42 Å². The van der Waals surface area contributed by atoms with Crippen molar-refractivity contribution in [3.63, 3.8) is 0 Å². The third-order valence-corrected chi connectivity index (χ3v) is 2.41. The molecule has 1 aromatic rings. The van der Waals surface area contributed by atoms with Gasteiger partial charge in [0.25, 0.3) is 0 Å². The highest BCUT2D eigenvalue weighted by Gasteiger charge is 2.11. The van der Waals surface area contributed by atoms with Crippen molar-refractivity contribution in [2.24, 2.45) is 0 Å². The average Bonchev–Trinajstić information content (AvgIpc) is 2.17. The summed E-state index contributed by atoms with van der Waals surface area (Å²) in [5.41, 5.74) is 1.08. The summed E-state index contributed by atoms with van der Waals surface area (Å²) in [4.78, 5) is 11.2. The molecule has 0 unspecified atom stereocenters. The van der Waals surface area contributed by atoms with E-state index in [1.807, 2.05) is 0 Å². The van der Waals surface area contributed by atoms with Gasteiger partial charge in [0.1, 0.15) is 0 Å². The predicted octanol–water partition coefficient (Wildman–Crippen LogP) is 2.22. The van der Waals surface area contributed by atoms with Crippen LogP contribution in [0.4, 0.5) is 0 Å². The molecule has 0 aromatic heterocycles. The molecule has 1 rings (SSSR count). The van der Waals surface area contributed by atoms with Crippen molar-refractivity contribution in [1.82, 2.24) is 0 Å². The molecule has 0 saturated carbocycles. The summed E-state index contributed by atoms with van der Waals surface area (Å²) in [5.74, 6) is 2.06. The number of terminal acetylenes is 1. The van der Waals surface area contributed by atoms with E-state index in [1.165, 1.54) is 7.11 Å². The lowest BCUT2D eigenvalue weighted by Crippen LogP contribution is -2.02. The number of methoxy groups -OCH3 is 1. The standard InChI is InChI=1S/C10H7BrO2/c1-3-7-5-4-6-8(9(7)11)10(12)13-2/h1,4-6H,2H3. The Kier molecular flexibility index (Phi) is 3.10. The van der Waals surface area contributed by atoms with Gasteiger partial charge in [-0.05, 0) is 28.1 Å². The van der Waals surface area contributed by atoms with E-state index in [1.54, 1.807) is 18.2 Å². The van der Waals surface area contributed by atoms with Gasteiger partial charge in [-0.1, -0.05) is 12.0 Å². The van der Waals surface area contributed by atoms with E-state index in [2.05, 4.69) is 26.6 Å². The third kappa shape index (κ3) is 1.90. The highest BCUT2D eigenvalue weighted by atomic mass is 79.9. The molecule has 66 valence electrons. The summed E-state index contributed by atoms with van der Waals surface area (Å²) in [6.07, 6.45) is 5.23. The highest BCUT2D eigenvalue weighted by molar-refractivity contribution is 9.10. The van der Waals surface area contributed by atoms with Crippen molar-refractivity contribution in [2.75, 3.05) is 7.11 Å². The van der Waals surface area contributed by atoms with E-state index in [0.29, 0.717) is 15.6 Å². The zero-order valence-corrected chi connectivity index (χ0v) is 8.59. The Bertz CT molecular complexity index is 377. The average molecular weight is 239 g/mol. The van der Waals surface area contributed by atoms with Gasteiger partial charge in [-0.2, -0.15) is 0 Å². The molecule has 0 aliphatic carbocycles. The number of carbonyl (C=O) groups is 1. The molecular weight excluding hydrogens is 232 g/mol. The minimum Gasteiger partial charge on any atom is -0.465 e.